The average Bonchev–Trinajstić information content (AvgIpc) is 3.86. The second-order valence-corrected chi connectivity index (χ2v) is 30.3. The zero-order chi connectivity index (χ0) is 66.0. The molecule has 0 amide bonds. The summed E-state index contributed by atoms with van der Waals surface area (Å²) in [5, 5.41) is 0. The maximum atomic E-state index is 2.39. The predicted octanol–water partition coefficient (Wildman–Crippen LogP) is 31.9. The minimum absolute atomic E-state index is 0.500. The molecule has 0 unspecified atom stereocenters. The van der Waals surface area contributed by atoms with E-state index in [-0.39, 0.29) is 0 Å². The molecule has 0 heterocycles. The van der Waals surface area contributed by atoms with E-state index in [1.165, 1.54) is 141 Å². The molecule has 3 aliphatic rings. The summed E-state index contributed by atoms with van der Waals surface area (Å²) in [5.74, 6) is 5.73. The van der Waals surface area contributed by atoms with Crippen LogP contribution in [0.4, 0.5) is 0 Å². The fraction of sp³-hybridized carbons (Fsp3) is 1.00. The Morgan fingerprint density at radius 1 is 0.346 bits per heavy atom. The predicted molar refractivity (Wildman–Crippen MR) is 387 cm³/mol. The largest absolute Gasteiger partial charge is 0.0683 e. The molecule has 0 atom stereocenters. The Morgan fingerprint density at radius 2 is 0.513 bits per heavy atom. The molecule has 0 aromatic carbocycles. The van der Waals surface area contributed by atoms with Gasteiger partial charge in [0.1, 0.15) is 0 Å². The van der Waals surface area contributed by atoms with Crippen molar-refractivity contribution < 1.29 is 0 Å². The fourth-order valence-corrected chi connectivity index (χ4v) is 4.52. The van der Waals surface area contributed by atoms with Crippen molar-refractivity contribution >= 4 is 0 Å². The third kappa shape index (κ3) is 186. The van der Waals surface area contributed by atoms with E-state index in [0.717, 1.165) is 35.5 Å². The van der Waals surface area contributed by atoms with Gasteiger partial charge >= 0.3 is 0 Å². The van der Waals surface area contributed by atoms with E-state index >= 15 is 0 Å². The van der Waals surface area contributed by atoms with Crippen LogP contribution < -0.4 is 0 Å². The monoisotopic (exact) mass is 1120 g/mol. The molecule has 0 saturated heterocycles. The number of hydrogen-bond donors (Lipinski definition) is 0. The molecule has 0 aromatic heterocycles. The summed E-state index contributed by atoms with van der Waals surface area (Å²) in [6.45, 7) is 96.6. The van der Waals surface area contributed by atoms with E-state index in [0.29, 0.717) is 32.5 Å². The van der Waals surface area contributed by atoms with Crippen molar-refractivity contribution in [3.8, 4) is 0 Å². The lowest BCUT2D eigenvalue weighted by atomic mass is 9.74. The molecule has 3 rings (SSSR count). The Kier molecular flexibility index (Phi) is 108. The summed E-state index contributed by atoms with van der Waals surface area (Å²) in [5.41, 5.74) is 3.37. The van der Waals surface area contributed by atoms with Crippen molar-refractivity contribution in [3.63, 3.8) is 0 Å². The highest BCUT2D eigenvalue weighted by Gasteiger charge is 2.24. The normalized spacial score (nSPS) is 14.5. The topological polar surface area (TPSA) is 0 Å². The van der Waals surface area contributed by atoms with E-state index in [2.05, 4.69) is 249 Å². The molecule has 0 heteroatoms. The van der Waals surface area contributed by atoms with E-state index in [4.69, 9.17) is 0 Å². The molecular weight excluding hydrogens is 937 g/mol. The van der Waals surface area contributed by atoms with Crippen LogP contribution in [-0.2, 0) is 0 Å². The summed E-state index contributed by atoms with van der Waals surface area (Å²) in [4.78, 5) is 0. The lowest BCUT2D eigenvalue weighted by Crippen LogP contribution is -2.19. The number of rotatable bonds is 5. The minimum atomic E-state index is 0.500. The molecule has 0 aliphatic heterocycles. The second-order valence-electron chi connectivity index (χ2n) is 30.3. The molecule has 0 nitrogen and oxygen atoms in total. The first-order valence-electron chi connectivity index (χ1n) is 35.4. The van der Waals surface area contributed by atoms with Crippen molar-refractivity contribution in [3.05, 3.63) is 0 Å². The van der Waals surface area contributed by atoms with E-state index in [9.17, 15) is 0 Å². The molecule has 3 aliphatic carbocycles. The highest BCUT2D eigenvalue weighted by molar-refractivity contribution is 4.76. The second kappa shape index (κ2) is 77.0. The van der Waals surface area contributed by atoms with Crippen molar-refractivity contribution in [2.75, 3.05) is 0 Å². The summed E-state index contributed by atoms with van der Waals surface area (Å²) in [6.07, 6.45) is 30.8. The first-order valence-corrected chi connectivity index (χ1v) is 35.4. The maximum absolute atomic E-state index is 2.39. The Labute approximate surface area is 511 Å². The molecule has 0 aromatic rings. The van der Waals surface area contributed by atoms with Crippen LogP contribution >= 0.6 is 0 Å². The van der Waals surface area contributed by atoms with Gasteiger partial charge in [-0.25, -0.2) is 0 Å². The third-order valence-corrected chi connectivity index (χ3v) is 13.5. The quantitative estimate of drug-likeness (QED) is 0.257. The Hall–Kier alpha value is 0. The van der Waals surface area contributed by atoms with Crippen molar-refractivity contribution in [2.24, 2.45) is 68.0 Å². The van der Waals surface area contributed by atoms with Crippen molar-refractivity contribution in [1.29, 1.82) is 0 Å². The van der Waals surface area contributed by atoms with Crippen LogP contribution in [0.15, 0.2) is 0 Å². The highest BCUT2D eigenvalue weighted by Crippen LogP contribution is 2.37. The van der Waals surface area contributed by atoms with Gasteiger partial charge in [-0.2, -0.15) is 0 Å². The molecule has 3 saturated carbocycles. The Morgan fingerprint density at radius 3 is 0.577 bits per heavy atom. The van der Waals surface area contributed by atoms with Crippen molar-refractivity contribution in [1.82, 2.24) is 0 Å². The van der Waals surface area contributed by atoms with Crippen LogP contribution in [0, 0.1) is 68.0 Å². The van der Waals surface area contributed by atoms with Gasteiger partial charge in [-0.3, -0.25) is 0 Å². The van der Waals surface area contributed by atoms with Crippen LogP contribution in [-0.4, -0.2) is 0 Å². The molecule has 0 radical (unpaired) electrons. The van der Waals surface area contributed by atoms with E-state index in [1.807, 2.05) is 55.4 Å². The maximum Gasteiger partial charge on any atom is -0.0354 e. The standard InChI is InChI=1S/C9H18.C7H14.C7H16.C6H12.4C6H14.2C5H12.C4H10.C3H8.4C2H6/c1-8-4-6-9(2,3)7-5-8;1-7-5-3-2-4-6-7;1-5-7(3,4)6-2;1-6-4-2-3-5-6;3*1-5-6(2,3)4;1-4-6(3)5-2;1-5(2,3)4;1-4-5(2)3;1-4(2)3;1-3-2;4*1-2/h8H,4-7H2,1-3H3;7H,2-6H2,1H3;5-6H2,1-4H3;6H,2-5H2,1H3;3*5H2,1-4H3;6H,4-5H2,1-3H3;1-4H3;5H,4H2,1-3H3;4H,1-3H3;3H2,1-2H3;4*1-2H3. The first-order chi connectivity index (χ1) is 35.4. The lowest BCUT2D eigenvalue weighted by Gasteiger charge is -2.32. The number of hydrogen-bond acceptors (Lipinski definition) is 0. The van der Waals surface area contributed by atoms with Gasteiger partial charge in [0.2, 0.25) is 0 Å². The molecule has 0 N–H and O–H groups in total. The van der Waals surface area contributed by atoms with Crippen LogP contribution in [0.2, 0.25) is 0 Å². The van der Waals surface area contributed by atoms with Gasteiger partial charge < -0.3 is 0 Å². The molecule has 494 valence electrons. The Balaban J connectivity index is -0.0000000534. The summed E-state index contributed by atoms with van der Waals surface area (Å²) >= 11 is 0. The van der Waals surface area contributed by atoms with Gasteiger partial charge in [0, 0.05) is 0 Å². The summed E-state index contributed by atoms with van der Waals surface area (Å²) in [6, 6.07) is 0. The lowest BCUT2D eigenvalue weighted by molar-refractivity contribution is 0.201. The Bertz CT molecular complexity index is 826. The van der Waals surface area contributed by atoms with Gasteiger partial charge in [-0.05, 0) is 80.8 Å². The molecule has 78 heavy (non-hydrogen) atoms. The third-order valence-electron chi connectivity index (χ3n) is 13.5. The summed E-state index contributed by atoms with van der Waals surface area (Å²) in [7, 11) is 0. The fourth-order valence-electron chi connectivity index (χ4n) is 4.52. The molecular formula is C78H182. The zero-order valence-corrected chi connectivity index (χ0v) is 66.0. The first kappa shape index (κ1) is 109. The van der Waals surface area contributed by atoms with Crippen LogP contribution in [0.3, 0.4) is 0 Å². The smallest absolute Gasteiger partial charge is 0.0354 e. The van der Waals surface area contributed by atoms with E-state index in [1.54, 1.807) is 0 Å². The van der Waals surface area contributed by atoms with Crippen molar-refractivity contribution in [2.45, 2.75) is 446 Å². The van der Waals surface area contributed by atoms with Gasteiger partial charge in [0.05, 0.1) is 0 Å². The van der Waals surface area contributed by atoms with Crippen LogP contribution in [0.25, 0.3) is 0 Å². The SMILES string of the molecule is CC.CC.CC.CC.CC(C)(C)C.CC(C)C.CC1CCC(C)(C)CC1.CC1CCCC1.CC1CCCCC1.CCC.CCC(C)(C)C.CCC(C)(C)C.CCC(C)(C)C.CCC(C)(C)CC.CCC(C)C.CCC(C)CC. The average molecular weight is 1120 g/mol. The van der Waals surface area contributed by atoms with E-state index < -0.39 is 0 Å². The van der Waals surface area contributed by atoms with Gasteiger partial charge in [0.15, 0.2) is 0 Å². The van der Waals surface area contributed by atoms with Crippen LogP contribution in [0.1, 0.15) is 446 Å². The zero-order valence-electron chi connectivity index (χ0n) is 66.0. The van der Waals surface area contributed by atoms with Crippen LogP contribution in [0.5, 0.6) is 0 Å². The van der Waals surface area contributed by atoms with Gasteiger partial charge in [0.25, 0.3) is 0 Å². The minimum Gasteiger partial charge on any atom is -0.0683 e. The van der Waals surface area contributed by atoms with Gasteiger partial charge in [-0.15, -0.1) is 0 Å². The summed E-state index contributed by atoms with van der Waals surface area (Å²) < 4.78 is 0. The molecule has 0 bridgehead atoms. The molecule has 3 fully saturated rings. The van der Waals surface area contributed by atoms with Gasteiger partial charge in [-0.1, -0.05) is 433 Å². The molecule has 0 spiro atoms. The highest BCUT2D eigenvalue weighted by atomic mass is 14.3.